The Hall–Kier alpha value is -0.830. The van der Waals surface area contributed by atoms with E-state index in [-0.39, 0.29) is 5.54 Å². The van der Waals surface area contributed by atoms with Gasteiger partial charge in [-0.3, -0.25) is 4.68 Å². The summed E-state index contributed by atoms with van der Waals surface area (Å²) in [5.74, 6) is 0. The van der Waals surface area contributed by atoms with Gasteiger partial charge in [0.2, 0.25) is 0 Å². The van der Waals surface area contributed by atoms with Gasteiger partial charge >= 0.3 is 0 Å². The summed E-state index contributed by atoms with van der Waals surface area (Å²) < 4.78 is 2.16. The molecule has 1 rings (SSSR count). The number of hydrogen-bond acceptors (Lipinski definition) is 2. The molecule has 19 heavy (non-hydrogen) atoms. The molecule has 0 unspecified atom stereocenters. The number of hydrogen-bond donors (Lipinski definition) is 1. The van der Waals surface area contributed by atoms with Crippen LogP contribution in [-0.2, 0) is 13.1 Å². The van der Waals surface area contributed by atoms with Crippen molar-refractivity contribution < 1.29 is 0 Å². The molecule has 0 atom stereocenters. The fraction of sp³-hybridized carbons (Fsp3) is 0.812. The van der Waals surface area contributed by atoms with Crippen molar-refractivity contribution in [3.05, 3.63) is 17.5 Å². The van der Waals surface area contributed by atoms with Crippen LogP contribution in [0.2, 0.25) is 0 Å². The summed E-state index contributed by atoms with van der Waals surface area (Å²) >= 11 is 0. The smallest absolute Gasteiger partial charge is 0.0537 e. The van der Waals surface area contributed by atoms with Crippen molar-refractivity contribution >= 4 is 0 Å². The highest BCUT2D eigenvalue weighted by molar-refractivity contribution is 5.16. The van der Waals surface area contributed by atoms with Crippen molar-refractivity contribution in [3.8, 4) is 0 Å². The number of unbranched alkanes of at least 4 members (excludes halogenated alkanes) is 4. The third kappa shape index (κ3) is 6.24. The summed E-state index contributed by atoms with van der Waals surface area (Å²) in [4.78, 5) is 0. The lowest BCUT2D eigenvalue weighted by atomic mass is 10.1. The second-order valence-corrected chi connectivity index (χ2v) is 6.50. The standard InChI is InChI=1S/C16H31N3/c1-6-7-8-9-10-11-19-14(2)15(13-18-19)12-17-16(3,4)5/h13,17H,6-12H2,1-5H3. The van der Waals surface area contributed by atoms with Gasteiger partial charge in [-0.05, 0) is 34.1 Å². The van der Waals surface area contributed by atoms with Crippen LogP contribution in [0.15, 0.2) is 6.20 Å². The van der Waals surface area contributed by atoms with E-state index in [1.807, 2.05) is 6.20 Å². The van der Waals surface area contributed by atoms with Crippen LogP contribution in [0.25, 0.3) is 0 Å². The van der Waals surface area contributed by atoms with Gasteiger partial charge in [0.05, 0.1) is 6.20 Å². The van der Waals surface area contributed by atoms with E-state index in [2.05, 4.69) is 49.7 Å². The summed E-state index contributed by atoms with van der Waals surface area (Å²) in [7, 11) is 0. The van der Waals surface area contributed by atoms with Crippen molar-refractivity contribution in [2.75, 3.05) is 0 Å². The lowest BCUT2D eigenvalue weighted by Gasteiger charge is -2.20. The molecule has 0 aromatic carbocycles. The second kappa shape index (κ2) is 7.68. The molecular formula is C16H31N3. The van der Waals surface area contributed by atoms with E-state index in [1.54, 1.807) is 0 Å². The van der Waals surface area contributed by atoms with E-state index in [0.29, 0.717) is 0 Å². The largest absolute Gasteiger partial charge is 0.308 e. The molecule has 1 N–H and O–H groups in total. The Kier molecular flexibility index (Phi) is 6.56. The highest BCUT2D eigenvalue weighted by Crippen LogP contribution is 2.11. The number of aryl methyl sites for hydroxylation is 1. The Labute approximate surface area is 118 Å². The maximum absolute atomic E-state index is 4.51. The minimum atomic E-state index is 0.161. The van der Waals surface area contributed by atoms with Crippen LogP contribution >= 0.6 is 0 Å². The van der Waals surface area contributed by atoms with Gasteiger partial charge in [-0.25, -0.2) is 0 Å². The molecule has 1 aromatic rings. The minimum Gasteiger partial charge on any atom is -0.308 e. The van der Waals surface area contributed by atoms with Crippen LogP contribution in [0.4, 0.5) is 0 Å². The Balaban J connectivity index is 2.38. The molecule has 0 bridgehead atoms. The molecule has 0 aliphatic rings. The lowest BCUT2D eigenvalue weighted by molar-refractivity contribution is 0.423. The predicted octanol–water partition coefficient (Wildman–Crippen LogP) is 4.05. The first-order valence-electron chi connectivity index (χ1n) is 7.70. The van der Waals surface area contributed by atoms with Crippen molar-refractivity contribution in [1.82, 2.24) is 15.1 Å². The first-order chi connectivity index (χ1) is 8.94. The van der Waals surface area contributed by atoms with Crippen LogP contribution in [-0.4, -0.2) is 15.3 Å². The molecule has 1 heterocycles. The number of rotatable bonds is 8. The van der Waals surface area contributed by atoms with Crippen LogP contribution < -0.4 is 5.32 Å². The summed E-state index contributed by atoms with van der Waals surface area (Å²) in [5.41, 5.74) is 2.80. The van der Waals surface area contributed by atoms with Crippen LogP contribution in [0.5, 0.6) is 0 Å². The number of nitrogens with one attached hydrogen (secondary N) is 1. The molecule has 0 amide bonds. The number of aromatic nitrogens is 2. The second-order valence-electron chi connectivity index (χ2n) is 6.50. The van der Waals surface area contributed by atoms with Crippen molar-refractivity contribution in [1.29, 1.82) is 0 Å². The molecule has 1 aromatic heterocycles. The van der Waals surface area contributed by atoms with E-state index >= 15 is 0 Å². The van der Waals surface area contributed by atoms with Gasteiger partial charge in [0, 0.05) is 29.9 Å². The molecule has 0 radical (unpaired) electrons. The maximum atomic E-state index is 4.51. The quantitative estimate of drug-likeness (QED) is 0.719. The SMILES string of the molecule is CCCCCCCn1ncc(CNC(C)(C)C)c1C. The third-order valence-electron chi connectivity index (χ3n) is 3.49. The van der Waals surface area contributed by atoms with Crippen molar-refractivity contribution in [2.24, 2.45) is 0 Å². The lowest BCUT2D eigenvalue weighted by Crippen LogP contribution is -2.35. The molecule has 3 heteroatoms. The van der Waals surface area contributed by atoms with Gasteiger partial charge in [-0.15, -0.1) is 0 Å². The molecular weight excluding hydrogens is 234 g/mol. The fourth-order valence-electron chi connectivity index (χ4n) is 2.11. The first-order valence-corrected chi connectivity index (χ1v) is 7.70. The van der Waals surface area contributed by atoms with E-state index in [1.165, 1.54) is 43.4 Å². The monoisotopic (exact) mass is 265 g/mol. The fourth-order valence-corrected chi connectivity index (χ4v) is 2.11. The molecule has 0 aliphatic heterocycles. The zero-order valence-electron chi connectivity index (χ0n) is 13.4. The van der Waals surface area contributed by atoms with E-state index in [9.17, 15) is 0 Å². The van der Waals surface area contributed by atoms with Crippen molar-refractivity contribution in [2.45, 2.75) is 85.4 Å². The average Bonchev–Trinajstić information content (AvgIpc) is 2.67. The van der Waals surface area contributed by atoms with Gasteiger partial charge in [0.1, 0.15) is 0 Å². The summed E-state index contributed by atoms with van der Waals surface area (Å²) in [6.07, 6.45) is 8.61. The molecule has 0 saturated heterocycles. The highest BCUT2D eigenvalue weighted by atomic mass is 15.3. The highest BCUT2D eigenvalue weighted by Gasteiger charge is 2.11. The summed E-state index contributed by atoms with van der Waals surface area (Å²) in [5, 5.41) is 8.03. The zero-order chi connectivity index (χ0) is 14.3. The topological polar surface area (TPSA) is 29.9 Å². The maximum Gasteiger partial charge on any atom is 0.0537 e. The predicted molar refractivity (Wildman–Crippen MR) is 82.3 cm³/mol. The van der Waals surface area contributed by atoms with Crippen LogP contribution in [0.1, 0.15) is 71.1 Å². The molecule has 0 fully saturated rings. The molecule has 0 spiro atoms. The third-order valence-corrected chi connectivity index (χ3v) is 3.49. The van der Waals surface area contributed by atoms with Crippen molar-refractivity contribution in [3.63, 3.8) is 0 Å². The zero-order valence-corrected chi connectivity index (χ0v) is 13.4. The Morgan fingerprint density at radius 2 is 1.84 bits per heavy atom. The molecule has 0 saturated carbocycles. The number of nitrogens with zero attached hydrogens (tertiary/aromatic N) is 2. The normalized spacial score (nSPS) is 12.1. The van der Waals surface area contributed by atoms with Gasteiger partial charge in [-0.2, -0.15) is 5.10 Å². The van der Waals surface area contributed by atoms with E-state index in [0.717, 1.165) is 13.1 Å². The first kappa shape index (κ1) is 16.2. The molecule has 3 nitrogen and oxygen atoms in total. The Bertz CT molecular complexity index is 361. The van der Waals surface area contributed by atoms with Gasteiger partial charge in [0.25, 0.3) is 0 Å². The van der Waals surface area contributed by atoms with Gasteiger partial charge in [-0.1, -0.05) is 32.6 Å². The van der Waals surface area contributed by atoms with E-state index < -0.39 is 0 Å². The Morgan fingerprint density at radius 3 is 2.47 bits per heavy atom. The van der Waals surface area contributed by atoms with E-state index in [4.69, 9.17) is 0 Å². The summed E-state index contributed by atoms with van der Waals surface area (Å²) in [6.45, 7) is 13.0. The van der Waals surface area contributed by atoms with Gasteiger partial charge < -0.3 is 5.32 Å². The molecule has 0 aliphatic carbocycles. The Morgan fingerprint density at radius 1 is 1.16 bits per heavy atom. The molecule has 110 valence electrons. The minimum absolute atomic E-state index is 0.161. The van der Waals surface area contributed by atoms with Crippen LogP contribution in [0.3, 0.4) is 0 Å². The summed E-state index contributed by atoms with van der Waals surface area (Å²) in [6, 6.07) is 0. The van der Waals surface area contributed by atoms with Crippen LogP contribution in [0, 0.1) is 6.92 Å². The average molecular weight is 265 g/mol. The van der Waals surface area contributed by atoms with Gasteiger partial charge in [0.15, 0.2) is 0 Å².